The van der Waals surface area contributed by atoms with Crippen LogP contribution in [0.1, 0.15) is 43.4 Å². The highest BCUT2D eigenvalue weighted by atomic mass is 16.5. The van der Waals surface area contributed by atoms with E-state index in [1.54, 1.807) is 0 Å². The van der Waals surface area contributed by atoms with E-state index in [1.165, 1.54) is 0 Å². The molecule has 0 aliphatic heterocycles. The topological polar surface area (TPSA) is 50.4 Å². The number of benzene rings is 3. The van der Waals surface area contributed by atoms with Gasteiger partial charge in [-0.25, -0.2) is 0 Å². The number of nitrogens with one attached hydrogen (secondary N) is 2. The van der Waals surface area contributed by atoms with E-state index in [1.807, 2.05) is 75.5 Å². The normalized spacial score (nSPS) is 12.5. The molecule has 0 saturated heterocycles. The maximum absolute atomic E-state index is 12.2. The zero-order valence-electron chi connectivity index (χ0n) is 19.3. The van der Waals surface area contributed by atoms with Crippen molar-refractivity contribution in [1.29, 1.82) is 0 Å². The summed E-state index contributed by atoms with van der Waals surface area (Å²) in [6, 6.07) is 31.2. The van der Waals surface area contributed by atoms with E-state index >= 15 is 0 Å². The van der Waals surface area contributed by atoms with Gasteiger partial charge in [-0.3, -0.25) is 4.79 Å². The third-order valence-electron chi connectivity index (χ3n) is 5.62. The summed E-state index contributed by atoms with van der Waals surface area (Å²) in [7, 11) is 1.92. The van der Waals surface area contributed by atoms with E-state index in [4.69, 9.17) is 4.74 Å². The van der Waals surface area contributed by atoms with Gasteiger partial charge in [-0.15, -0.1) is 0 Å². The zero-order valence-corrected chi connectivity index (χ0v) is 19.3. The van der Waals surface area contributed by atoms with Crippen LogP contribution in [0.4, 0.5) is 0 Å². The second kappa shape index (κ2) is 11.6. The molecular formula is C28H34N2O2. The summed E-state index contributed by atoms with van der Waals surface area (Å²) in [4.78, 5) is 12.2. The van der Waals surface area contributed by atoms with Crippen LogP contribution < -0.4 is 10.6 Å². The molecule has 1 atom stereocenters. The van der Waals surface area contributed by atoms with Crippen molar-refractivity contribution in [3.63, 3.8) is 0 Å². The van der Waals surface area contributed by atoms with Crippen molar-refractivity contribution in [2.45, 2.75) is 44.4 Å². The number of hydrogen-bond acceptors (Lipinski definition) is 3. The molecule has 0 aliphatic carbocycles. The number of likely N-dealkylation sites (N-methyl/N-ethyl adjacent to an activating group) is 1. The predicted molar refractivity (Wildman–Crippen MR) is 131 cm³/mol. The molecule has 0 saturated carbocycles. The van der Waals surface area contributed by atoms with Gasteiger partial charge >= 0.3 is 0 Å². The van der Waals surface area contributed by atoms with Gasteiger partial charge in [-0.05, 0) is 44.0 Å². The molecule has 0 bridgehead atoms. The molecular weight excluding hydrogens is 396 g/mol. The Labute approximate surface area is 192 Å². The van der Waals surface area contributed by atoms with Crippen molar-refractivity contribution in [2.75, 3.05) is 13.7 Å². The van der Waals surface area contributed by atoms with Gasteiger partial charge in [0.2, 0.25) is 5.91 Å². The fourth-order valence-corrected chi connectivity index (χ4v) is 4.00. The quantitative estimate of drug-likeness (QED) is 0.426. The molecule has 32 heavy (non-hydrogen) atoms. The Morgan fingerprint density at radius 3 is 1.62 bits per heavy atom. The lowest BCUT2D eigenvalue weighted by Crippen LogP contribution is -2.40. The SMILES string of the molecule is CNC(CCC(=O)NC(C)C)COC(c1ccccc1)(c1ccccc1)c1ccccc1. The van der Waals surface area contributed by atoms with Crippen LogP contribution >= 0.6 is 0 Å². The molecule has 0 aromatic heterocycles. The van der Waals surface area contributed by atoms with E-state index in [0.29, 0.717) is 19.4 Å². The molecule has 0 fully saturated rings. The van der Waals surface area contributed by atoms with Gasteiger partial charge in [0.15, 0.2) is 0 Å². The van der Waals surface area contributed by atoms with Crippen LogP contribution in [0.25, 0.3) is 0 Å². The molecule has 1 amide bonds. The second-order valence-corrected chi connectivity index (χ2v) is 8.34. The van der Waals surface area contributed by atoms with Gasteiger partial charge in [0, 0.05) is 18.5 Å². The fourth-order valence-electron chi connectivity index (χ4n) is 4.00. The van der Waals surface area contributed by atoms with Crippen molar-refractivity contribution in [3.05, 3.63) is 108 Å². The largest absolute Gasteiger partial charge is 0.359 e. The second-order valence-electron chi connectivity index (χ2n) is 8.34. The lowest BCUT2D eigenvalue weighted by Gasteiger charge is -2.37. The molecule has 2 N–H and O–H groups in total. The van der Waals surface area contributed by atoms with Gasteiger partial charge in [0.05, 0.1) is 6.61 Å². The molecule has 3 aromatic carbocycles. The lowest BCUT2D eigenvalue weighted by molar-refractivity contribution is -0.121. The monoisotopic (exact) mass is 430 g/mol. The number of amides is 1. The standard InChI is InChI=1S/C28H34N2O2/c1-22(2)30-27(31)20-19-26(29-3)21-32-28(23-13-7-4-8-14-23,24-15-9-5-10-16-24)25-17-11-6-12-18-25/h4-18,22,26,29H,19-21H2,1-3H3,(H,30,31). The number of rotatable bonds is 11. The number of ether oxygens (including phenoxy) is 1. The first-order chi connectivity index (χ1) is 15.6. The summed E-state index contributed by atoms with van der Waals surface area (Å²) >= 11 is 0. The van der Waals surface area contributed by atoms with E-state index in [9.17, 15) is 4.79 Å². The van der Waals surface area contributed by atoms with Crippen molar-refractivity contribution in [1.82, 2.24) is 10.6 Å². The molecule has 0 spiro atoms. The number of carbonyl (C=O) groups excluding carboxylic acids is 1. The molecule has 1 unspecified atom stereocenters. The maximum Gasteiger partial charge on any atom is 0.220 e. The lowest BCUT2D eigenvalue weighted by atomic mass is 9.80. The summed E-state index contributed by atoms with van der Waals surface area (Å²) in [5.41, 5.74) is 2.47. The van der Waals surface area contributed by atoms with Gasteiger partial charge in [0.25, 0.3) is 0 Å². The maximum atomic E-state index is 12.2. The van der Waals surface area contributed by atoms with Crippen LogP contribution in [-0.4, -0.2) is 31.6 Å². The highest BCUT2D eigenvalue weighted by Crippen LogP contribution is 2.40. The third kappa shape index (κ3) is 5.84. The molecule has 0 radical (unpaired) electrons. The van der Waals surface area contributed by atoms with E-state index in [-0.39, 0.29) is 18.0 Å². The van der Waals surface area contributed by atoms with E-state index < -0.39 is 5.60 Å². The van der Waals surface area contributed by atoms with Gasteiger partial charge in [0.1, 0.15) is 5.60 Å². The van der Waals surface area contributed by atoms with Crippen LogP contribution in [0.5, 0.6) is 0 Å². The zero-order chi connectivity index (χ0) is 22.8. The fraction of sp³-hybridized carbons (Fsp3) is 0.321. The minimum atomic E-state index is -0.751. The molecule has 0 aliphatic rings. The van der Waals surface area contributed by atoms with Crippen molar-refractivity contribution >= 4 is 5.91 Å². The van der Waals surface area contributed by atoms with Crippen LogP contribution in [-0.2, 0) is 15.1 Å². The van der Waals surface area contributed by atoms with E-state index in [2.05, 4.69) is 47.0 Å². The average Bonchev–Trinajstić information content (AvgIpc) is 2.83. The minimum absolute atomic E-state index is 0.0448. The van der Waals surface area contributed by atoms with E-state index in [0.717, 1.165) is 16.7 Å². The third-order valence-corrected chi connectivity index (χ3v) is 5.62. The molecule has 0 heterocycles. The minimum Gasteiger partial charge on any atom is -0.359 e. The first-order valence-corrected chi connectivity index (χ1v) is 11.3. The van der Waals surface area contributed by atoms with Gasteiger partial charge < -0.3 is 15.4 Å². The summed E-state index contributed by atoms with van der Waals surface area (Å²) in [6.07, 6.45) is 1.16. The number of hydrogen-bond donors (Lipinski definition) is 2. The molecule has 4 heteroatoms. The summed E-state index contributed by atoms with van der Waals surface area (Å²) in [6.45, 7) is 4.42. The first-order valence-electron chi connectivity index (χ1n) is 11.3. The Morgan fingerprint density at radius 2 is 1.25 bits per heavy atom. The Kier molecular flexibility index (Phi) is 8.60. The Bertz CT molecular complexity index is 846. The highest BCUT2D eigenvalue weighted by Gasteiger charge is 2.38. The van der Waals surface area contributed by atoms with Gasteiger partial charge in [-0.2, -0.15) is 0 Å². The van der Waals surface area contributed by atoms with Crippen LogP contribution in [0.3, 0.4) is 0 Å². The predicted octanol–water partition coefficient (Wildman–Crippen LogP) is 4.89. The molecule has 4 nitrogen and oxygen atoms in total. The smallest absolute Gasteiger partial charge is 0.220 e. The Balaban J connectivity index is 1.93. The Hall–Kier alpha value is -2.95. The molecule has 3 rings (SSSR count). The summed E-state index contributed by atoms with van der Waals surface area (Å²) in [5.74, 6) is 0.0701. The average molecular weight is 431 g/mol. The van der Waals surface area contributed by atoms with Crippen molar-refractivity contribution in [3.8, 4) is 0 Å². The summed E-state index contributed by atoms with van der Waals surface area (Å²) < 4.78 is 6.86. The van der Waals surface area contributed by atoms with Gasteiger partial charge in [-0.1, -0.05) is 91.0 Å². The van der Waals surface area contributed by atoms with Crippen LogP contribution in [0.2, 0.25) is 0 Å². The van der Waals surface area contributed by atoms with Crippen molar-refractivity contribution < 1.29 is 9.53 Å². The summed E-state index contributed by atoms with van der Waals surface area (Å²) in [5, 5.41) is 6.30. The van der Waals surface area contributed by atoms with Crippen molar-refractivity contribution in [2.24, 2.45) is 0 Å². The molecule has 3 aromatic rings. The van der Waals surface area contributed by atoms with Crippen LogP contribution in [0, 0.1) is 0 Å². The van der Waals surface area contributed by atoms with Crippen LogP contribution in [0.15, 0.2) is 91.0 Å². The Morgan fingerprint density at radius 1 is 0.812 bits per heavy atom. The molecule has 168 valence electrons. The highest BCUT2D eigenvalue weighted by molar-refractivity contribution is 5.76. The first kappa shape index (κ1) is 23.7. The number of carbonyl (C=O) groups is 1.